The summed E-state index contributed by atoms with van der Waals surface area (Å²) >= 11 is 0. The quantitative estimate of drug-likeness (QED) is 0.875. The van der Waals surface area contributed by atoms with E-state index in [9.17, 15) is 12.6 Å². The van der Waals surface area contributed by atoms with Crippen molar-refractivity contribution in [2.24, 2.45) is 3.77 Å². The van der Waals surface area contributed by atoms with E-state index in [-0.39, 0.29) is 4.90 Å². The van der Waals surface area contributed by atoms with Gasteiger partial charge in [0.2, 0.25) is 0 Å². The van der Waals surface area contributed by atoms with Gasteiger partial charge in [-0.1, -0.05) is 35.9 Å². The molecule has 0 radical (unpaired) electrons. The monoisotopic (exact) mass is 309 g/mol. The van der Waals surface area contributed by atoms with Crippen molar-refractivity contribution < 1.29 is 12.6 Å². The highest BCUT2D eigenvalue weighted by molar-refractivity contribution is 8.03. The van der Waals surface area contributed by atoms with Crippen molar-refractivity contribution in [3.05, 3.63) is 60.2 Å². The van der Waals surface area contributed by atoms with Crippen molar-refractivity contribution in [3.8, 4) is 0 Å². The lowest BCUT2D eigenvalue weighted by Crippen LogP contribution is -2.04. The van der Waals surface area contributed by atoms with Crippen molar-refractivity contribution in [2.75, 3.05) is 6.26 Å². The molecular weight excluding hydrogens is 294 g/mol. The number of nitrogens with zero attached hydrogens (tertiary/aromatic N) is 1. The van der Waals surface area contributed by atoms with Gasteiger partial charge in [0.05, 0.1) is 14.6 Å². The molecule has 0 aliphatic carbocycles. The molecule has 0 aliphatic heterocycles. The maximum atomic E-state index is 12.5. The van der Waals surface area contributed by atoms with Crippen molar-refractivity contribution in [2.45, 2.75) is 16.7 Å². The Balaban J connectivity index is 2.53. The average Bonchev–Trinajstić information content (AvgIpc) is 2.39. The molecule has 4 nitrogen and oxygen atoms in total. The van der Waals surface area contributed by atoms with E-state index in [2.05, 4.69) is 3.77 Å². The summed E-state index contributed by atoms with van der Waals surface area (Å²) in [4.78, 5) is 0.448. The summed E-state index contributed by atoms with van der Waals surface area (Å²) in [6.45, 7) is 1.86. The Bertz CT molecular complexity index is 816. The molecule has 0 saturated carbocycles. The Morgan fingerprint density at radius 3 is 1.90 bits per heavy atom. The van der Waals surface area contributed by atoms with E-state index in [1.54, 1.807) is 42.5 Å². The second kappa shape index (κ2) is 5.38. The van der Waals surface area contributed by atoms with Crippen molar-refractivity contribution in [3.63, 3.8) is 0 Å². The average molecular weight is 309 g/mol. The van der Waals surface area contributed by atoms with E-state index >= 15 is 0 Å². The summed E-state index contributed by atoms with van der Waals surface area (Å²) in [6, 6.07) is 14.7. The van der Waals surface area contributed by atoms with Gasteiger partial charge in [-0.3, -0.25) is 0 Å². The zero-order valence-corrected chi connectivity index (χ0v) is 12.8. The number of sulfonamides is 1. The van der Waals surface area contributed by atoms with Crippen LogP contribution in [0.5, 0.6) is 0 Å². The molecule has 0 aliphatic rings. The minimum Gasteiger partial charge on any atom is -0.244 e. The number of hydrogen-bond acceptors (Lipinski definition) is 3. The van der Waals surface area contributed by atoms with Crippen LogP contribution in [0.1, 0.15) is 5.56 Å². The van der Waals surface area contributed by atoms with Crippen molar-refractivity contribution in [1.29, 1.82) is 0 Å². The van der Waals surface area contributed by atoms with Crippen LogP contribution < -0.4 is 0 Å². The highest BCUT2D eigenvalue weighted by Gasteiger charge is 2.17. The summed E-state index contributed by atoms with van der Waals surface area (Å²) in [7, 11) is -6.92. The van der Waals surface area contributed by atoms with Gasteiger partial charge in [0.1, 0.15) is 0 Å². The highest BCUT2D eigenvalue weighted by Crippen LogP contribution is 2.18. The van der Waals surface area contributed by atoms with Gasteiger partial charge in [-0.25, -0.2) is 4.21 Å². The molecule has 20 heavy (non-hydrogen) atoms. The third-order valence-electron chi connectivity index (χ3n) is 2.74. The zero-order chi connectivity index (χ0) is 14.8. The SMILES string of the molecule is Cc1ccc(S(=O)(=O)N=S(C)(=O)c2ccccc2)cc1. The van der Waals surface area contributed by atoms with Gasteiger partial charge in [-0.05, 0) is 31.2 Å². The fourth-order valence-corrected chi connectivity index (χ4v) is 4.99. The minimum atomic E-state index is -3.93. The van der Waals surface area contributed by atoms with Gasteiger partial charge in [-0.15, -0.1) is 3.77 Å². The molecule has 0 heterocycles. The van der Waals surface area contributed by atoms with Crippen molar-refractivity contribution >= 4 is 19.8 Å². The maximum Gasteiger partial charge on any atom is 0.290 e. The van der Waals surface area contributed by atoms with Crippen molar-refractivity contribution in [1.82, 2.24) is 0 Å². The molecule has 0 bridgehead atoms. The predicted octanol–water partition coefficient (Wildman–Crippen LogP) is 2.84. The van der Waals surface area contributed by atoms with Gasteiger partial charge in [0.15, 0.2) is 0 Å². The normalized spacial score (nSPS) is 14.5. The molecule has 0 fully saturated rings. The number of rotatable bonds is 3. The van der Waals surface area contributed by atoms with Crippen LogP contribution in [-0.4, -0.2) is 18.9 Å². The number of benzene rings is 2. The van der Waals surface area contributed by atoms with E-state index in [1.165, 1.54) is 18.4 Å². The minimum absolute atomic E-state index is 0.0496. The van der Waals surface area contributed by atoms with Crippen LogP contribution >= 0.6 is 0 Å². The molecule has 106 valence electrons. The van der Waals surface area contributed by atoms with Crippen LogP contribution in [0.2, 0.25) is 0 Å². The second-order valence-electron chi connectivity index (χ2n) is 4.48. The molecule has 6 heteroatoms. The summed E-state index contributed by atoms with van der Waals surface area (Å²) in [5, 5.41) is 0. The van der Waals surface area contributed by atoms with Gasteiger partial charge >= 0.3 is 0 Å². The highest BCUT2D eigenvalue weighted by atomic mass is 32.3. The first-order valence-electron chi connectivity index (χ1n) is 5.91. The molecule has 0 spiro atoms. The smallest absolute Gasteiger partial charge is 0.244 e. The zero-order valence-electron chi connectivity index (χ0n) is 11.2. The first kappa shape index (κ1) is 14.7. The van der Waals surface area contributed by atoms with E-state index in [0.717, 1.165) is 5.56 Å². The van der Waals surface area contributed by atoms with Crippen LogP contribution in [0, 0.1) is 6.92 Å². The molecule has 0 N–H and O–H groups in total. The summed E-state index contributed by atoms with van der Waals surface area (Å²) in [6.07, 6.45) is 1.33. The molecule has 1 atom stereocenters. The lowest BCUT2D eigenvalue weighted by atomic mass is 10.2. The largest absolute Gasteiger partial charge is 0.290 e. The Kier molecular flexibility index (Phi) is 3.96. The molecule has 2 rings (SSSR count). The van der Waals surface area contributed by atoms with E-state index in [0.29, 0.717) is 4.90 Å². The Morgan fingerprint density at radius 1 is 0.800 bits per heavy atom. The topological polar surface area (TPSA) is 63.6 Å². The van der Waals surface area contributed by atoms with E-state index in [4.69, 9.17) is 0 Å². The summed E-state index contributed by atoms with van der Waals surface area (Å²) < 4.78 is 40.5. The van der Waals surface area contributed by atoms with Crippen LogP contribution in [-0.2, 0) is 19.8 Å². The molecule has 0 amide bonds. The fourth-order valence-electron chi connectivity index (χ4n) is 1.66. The number of hydrogen-bond donors (Lipinski definition) is 0. The Hall–Kier alpha value is -1.66. The standard InChI is InChI=1S/C14H15NO3S2/c1-12-8-10-14(11-9-12)20(17,18)15-19(2,16)13-6-4-3-5-7-13/h3-11H,1-2H3. The molecule has 2 aromatic rings. The fraction of sp³-hybridized carbons (Fsp3) is 0.143. The molecular formula is C14H15NO3S2. The van der Waals surface area contributed by atoms with Gasteiger partial charge in [0, 0.05) is 11.2 Å². The molecule has 2 aromatic carbocycles. The van der Waals surface area contributed by atoms with Crippen LogP contribution in [0.25, 0.3) is 0 Å². The Morgan fingerprint density at radius 2 is 1.35 bits per heavy atom. The van der Waals surface area contributed by atoms with Gasteiger partial charge in [0.25, 0.3) is 10.0 Å². The molecule has 1 unspecified atom stereocenters. The summed E-state index contributed by atoms with van der Waals surface area (Å²) in [5.41, 5.74) is 0.948. The number of aryl methyl sites for hydroxylation is 1. The first-order chi connectivity index (χ1) is 9.31. The van der Waals surface area contributed by atoms with Crippen LogP contribution in [0.4, 0.5) is 0 Å². The van der Waals surface area contributed by atoms with Gasteiger partial charge in [-0.2, -0.15) is 8.42 Å². The lowest BCUT2D eigenvalue weighted by molar-refractivity contribution is 0.598. The predicted molar refractivity (Wildman–Crippen MR) is 79.6 cm³/mol. The molecule has 0 saturated heterocycles. The lowest BCUT2D eigenvalue weighted by Gasteiger charge is -2.05. The van der Waals surface area contributed by atoms with Crippen LogP contribution in [0.3, 0.4) is 0 Å². The summed E-state index contributed by atoms with van der Waals surface area (Å²) in [5.74, 6) is 0. The van der Waals surface area contributed by atoms with Gasteiger partial charge < -0.3 is 0 Å². The Labute approximate surface area is 119 Å². The van der Waals surface area contributed by atoms with E-state index in [1.807, 2.05) is 6.92 Å². The molecule has 0 aromatic heterocycles. The third kappa shape index (κ3) is 3.26. The maximum absolute atomic E-state index is 12.5. The third-order valence-corrected chi connectivity index (χ3v) is 6.68. The van der Waals surface area contributed by atoms with E-state index < -0.39 is 19.8 Å². The van der Waals surface area contributed by atoms with Crippen LogP contribution in [0.15, 0.2) is 68.2 Å². The second-order valence-corrected chi connectivity index (χ2v) is 8.57. The first-order valence-corrected chi connectivity index (χ1v) is 9.28.